The molecule has 0 aromatic heterocycles. The highest BCUT2D eigenvalue weighted by molar-refractivity contribution is 5.35. The molecule has 0 aliphatic carbocycles. The molecule has 0 fully saturated rings. The highest BCUT2D eigenvalue weighted by atomic mass is 16.3. The van der Waals surface area contributed by atoms with Crippen molar-refractivity contribution in [3.63, 3.8) is 0 Å². The average molecular weight is 165 g/mol. The van der Waals surface area contributed by atoms with E-state index in [1.165, 1.54) is 5.57 Å². The molecule has 1 aliphatic heterocycles. The van der Waals surface area contributed by atoms with Gasteiger partial charge in [-0.3, -0.25) is 0 Å². The first kappa shape index (κ1) is 9.07. The Morgan fingerprint density at radius 1 is 1.58 bits per heavy atom. The smallest absolute Gasteiger partial charge is 0.0895 e. The van der Waals surface area contributed by atoms with Crippen LogP contribution in [0.15, 0.2) is 35.6 Å². The lowest BCUT2D eigenvalue weighted by molar-refractivity contribution is 0.413. The molecule has 0 unspecified atom stereocenters. The van der Waals surface area contributed by atoms with E-state index in [1.807, 2.05) is 6.08 Å². The number of hydrogen-bond donors (Lipinski definition) is 2. The lowest BCUT2D eigenvalue weighted by Gasteiger charge is -2.16. The van der Waals surface area contributed by atoms with Crippen LogP contribution in [0.2, 0.25) is 0 Å². The minimum atomic E-state index is 0.355. The van der Waals surface area contributed by atoms with Gasteiger partial charge >= 0.3 is 0 Å². The zero-order valence-electron chi connectivity index (χ0n) is 7.43. The lowest BCUT2D eigenvalue weighted by atomic mass is 10.0. The number of aliphatic hydroxyl groups excluding tert-OH is 1. The Bertz CT molecular complexity index is 234. The van der Waals surface area contributed by atoms with Crippen LogP contribution >= 0.6 is 0 Å². The average Bonchev–Trinajstić information content (AvgIpc) is 2.04. The molecule has 0 bridgehead atoms. The van der Waals surface area contributed by atoms with E-state index in [2.05, 4.69) is 11.9 Å². The molecule has 66 valence electrons. The van der Waals surface area contributed by atoms with Crippen LogP contribution in [0.25, 0.3) is 0 Å². The summed E-state index contributed by atoms with van der Waals surface area (Å²) in [5, 5.41) is 12.3. The van der Waals surface area contributed by atoms with Crippen molar-refractivity contribution in [3.05, 3.63) is 35.6 Å². The Labute approximate surface area is 73.3 Å². The second kappa shape index (κ2) is 4.12. The molecule has 2 nitrogen and oxygen atoms in total. The molecule has 2 N–H and O–H groups in total. The SMILES string of the molecule is C=CC1=C(/C=C(\C)O)CNCC1. The van der Waals surface area contributed by atoms with Gasteiger partial charge in [0.2, 0.25) is 0 Å². The third-order valence-corrected chi connectivity index (χ3v) is 1.93. The fourth-order valence-corrected chi connectivity index (χ4v) is 1.35. The maximum Gasteiger partial charge on any atom is 0.0895 e. The van der Waals surface area contributed by atoms with Gasteiger partial charge in [-0.1, -0.05) is 12.7 Å². The van der Waals surface area contributed by atoms with Crippen molar-refractivity contribution < 1.29 is 5.11 Å². The topological polar surface area (TPSA) is 32.3 Å². The molecule has 1 heterocycles. The van der Waals surface area contributed by atoms with Crippen molar-refractivity contribution in [1.82, 2.24) is 5.32 Å². The van der Waals surface area contributed by atoms with Crippen molar-refractivity contribution in [2.75, 3.05) is 13.1 Å². The van der Waals surface area contributed by atoms with Gasteiger partial charge in [0.1, 0.15) is 0 Å². The molecule has 0 radical (unpaired) electrons. The van der Waals surface area contributed by atoms with Crippen molar-refractivity contribution >= 4 is 0 Å². The molecule has 0 spiro atoms. The minimum absolute atomic E-state index is 0.355. The van der Waals surface area contributed by atoms with Gasteiger partial charge in [0.15, 0.2) is 0 Å². The first-order valence-corrected chi connectivity index (χ1v) is 4.16. The molecule has 0 aromatic rings. The number of nitrogens with one attached hydrogen (secondary N) is 1. The van der Waals surface area contributed by atoms with Crippen molar-refractivity contribution in [2.45, 2.75) is 13.3 Å². The van der Waals surface area contributed by atoms with E-state index in [0.29, 0.717) is 5.76 Å². The third kappa shape index (κ3) is 2.24. The number of aliphatic hydroxyl groups is 1. The van der Waals surface area contributed by atoms with Crippen LogP contribution in [0.1, 0.15) is 13.3 Å². The summed E-state index contributed by atoms with van der Waals surface area (Å²) in [6, 6.07) is 0. The normalized spacial score (nSPS) is 19.6. The van der Waals surface area contributed by atoms with Crippen molar-refractivity contribution in [3.8, 4) is 0 Å². The van der Waals surface area contributed by atoms with E-state index in [1.54, 1.807) is 13.0 Å². The van der Waals surface area contributed by atoms with E-state index in [4.69, 9.17) is 5.11 Å². The molecular weight excluding hydrogens is 150 g/mol. The quantitative estimate of drug-likeness (QED) is 0.613. The van der Waals surface area contributed by atoms with Gasteiger partial charge in [-0.2, -0.15) is 0 Å². The maximum absolute atomic E-state index is 9.08. The van der Waals surface area contributed by atoms with Crippen molar-refractivity contribution in [1.29, 1.82) is 0 Å². The summed E-state index contributed by atoms with van der Waals surface area (Å²) >= 11 is 0. The largest absolute Gasteiger partial charge is 0.513 e. The van der Waals surface area contributed by atoms with Crippen LogP contribution in [-0.4, -0.2) is 18.2 Å². The third-order valence-electron chi connectivity index (χ3n) is 1.93. The summed E-state index contributed by atoms with van der Waals surface area (Å²) in [5.74, 6) is 0.355. The highest BCUT2D eigenvalue weighted by Crippen LogP contribution is 2.15. The molecule has 0 atom stereocenters. The molecule has 0 saturated heterocycles. The fourth-order valence-electron chi connectivity index (χ4n) is 1.35. The fraction of sp³-hybridized carbons (Fsp3) is 0.400. The number of rotatable bonds is 2. The van der Waals surface area contributed by atoms with E-state index in [0.717, 1.165) is 25.1 Å². The van der Waals surface area contributed by atoms with Gasteiger partial charge in [-0.25, -0.2) is 0 Å². The summed E-state index contributed by atoms with van der Waals surface area (Å²) in [6.07, 6.45) is 4.67. The van der Waals surface area contributed by atoms with Crippen LogP contribution in [-0.2, 0) is 0 Å². The van der Waals surface area contributed by atoms with Gasteiger partial charge < -0.3 is 10.4 Å². The molecule has 12 heavy (non-hydrogen) atoms. The van der Waals surface area contributed by atoms with Crippen molar-refractivity contribution in [2.24, 2.45) is 0 Å². The zero-order chi connectivity index (χ0) is 8.97. The highest BCUT2D eigenvalue weighted by Gasteiger charge is 2.07. The Balaban J connectivity index is 2.87. The van der Waals surface area contributed by atoms with E-state index < -0.39 is 0 Å². The summed E-state index contributed by atoms with van der Waals surface area (Å²) in [6.45, 7) is 7.26. The Hall–Kier alpha value is -1.02. The predicted octanol–water partition coefficient (Wildman–Crippen LogP) is 1.92. The van der Waals surface area contributed by atoms with Crippen LogP contribution in [0.3, 0.4) is 0 Å². The van der Waals surface area contributed by atoms with Crippen LogP contribution < -0.4 is 5.32 Å². The Morgan fingerprint density at radius 2 is 2.33 bits per heavy atom. The maximum atomic E-state index is 9.08. The standard InChI is InChI=1S/C10H15NO/c1-3-9-4-5-11-7-10(9)6-8(2)12/h3,6,11-12H,1,4-5,7H2,2H3/b8-6+. The van der Waals surface area contributed by atoms with Gasteiger partial charge in [0.05, 0.1) is 5.76 Å². The van der Waals surface area contributed by atoms with Gasteiger partial charge in [0.25, 0.3) is 0 Å². The molecule has 0 aromatic carbocycles. The van der Waals surface area contributed by atoms with Gasteiger partial charge in [-0.15, -0.1) is 0 Å². The molecule has 1 aliphatic rings. The van der Waals surface area contributed by atoms with Crippen LogP contribution in [0.4, 0.5) is 0 Å². The molecular formula is C10H15NO. The lowest BCUT2D eigenvalue weighted by Crippen LogP contribution is -2.24. The molecule has 0 amide bonds. The molecule has 2 heteroatoms. The van der Waals surface area contributed by atoms with Crippen LogP contribution in [0, 0.1) is 0 Å². The Morgan fingerprint density at radius 3 is 2.92 bits per heavy atom. The molecule has 0 saturated carbocycles. The minimum Gasteiger partial charge on any atom is -0.513 e. The summed E-state index contributed by atoms with van der Waals surface area (Å²) in [4.78, 5) is 0. The number of allylic oxidation sites excluding steroid dienone is 2. The number of hydrogen-bond acceptors (Lipinski definition) is 2. The van der Waals surface area contributed by atoms with E-state index in [9.17, 15) is 0 Å². The summed E-state index contributed by atoms with van der Waals surface area (Å²) < 4.78 is 0. The summed E-state index contributed by atoms with van der Waals surface area (Å²) in [7, 11) is 0. The monoisotopic (exact) mass is 165 g/mol. The first-order valence-electron chi connectivity index (χ1n) is 4.16. The second-order valence-corrected chi connectivity index (χ2v) is 2.97. The van der Waals surface area contributed by atoms with E-state index >= 15 is 0 Å². The summed E-state index contributed by atoms with van der Waals surface area (Å²) in [5.41, 5.74) is 2.39. The van der Waals surface area contributed by atoms with Crippen LogP contribution in [0.5, 0.6) is 0 Å². The predicted molar refractivity (Wildman–Crippen MR) is 51.1 cm³/mol. The first-order chi connectivity index (χ1) is 5.74. The van der Waals surface area contributed by atoms with Gasteiger partial charge in [0, 0.05) is 6.54 Å². The Kier molecular flexibility index (Phi) is 3.11. The van der Waals surface area contributed by atoms with Gasteiger partial charge in [-0.05, 0) is 37.1 Å². The second-order valence-electron chi connectivity index (χ2n) is 2.97. The van der Waals surface area contributed by atoms with E-state index in [-0.39, 0.29) is 0 Å². The zero-order valence-corrected chi connectivity index (χ0v) is 7.43. The molecule has 1 rings (SSSR count).